The van der Waals surface area contributed by atoms with Gasteiger partial charge < -0.3 is 19.6 Å². The van der Waals surface area contributed by atoms with Crippen molar-refractivity contribution in [3.8, 4) is 5.75 Å². The summed E-state index contributed by atoms with van der Waals surface area (Å²) in [7, 11) is 1.55. The molecular formula is C18H16N2O5. The van der Waals surface area contributed by atoms with Crippen LogP contribution in [0, 0.1) is 0 Å². The summed E-state index contributed by atoms with van der Waals surface area (Å²) in [4.78, 5) is 27.9. The van der Waals surface area contributed by atoms with Gasteiger partial charge in [-0.15, -0.1) is 0 Å². The first-order chi connectivity index (χ1) is 12.1. The van der Waals surface area contributed by atoms with E-state index in [4.69, 9.17) is 9.15 Å². The molecule has 1 aromatic carbocycles. The van der Waals surface area contributed by atoms with E-state index < -0.39 is 17.9 Å². The first kappa shape index (κ1) is 16.5. The fourth-order valence-corrected chi connectivity index (χ4v) is 2.42. The highest BCUT2D eigenvalue weighted by Crippen LogP contribution is 2.24. The highest BCUT2D eigenvalue weighted by molar-refractivity contribution is 5.98. The minimum Gasteiger partial charge on any atom is -0.497 e. The number of hydrogen-bond donors (Lipinski definition) is 2. The van der Waals surface area contributed by atoms with E-state index in [-0.39, 0.29) is 12.2 Å². The molecule has 1 unspecified atom stereocenters. The molecule has 25 heavy (non-hydrogen) atoms. The summed E-state index contributed by atoms with van der Waals surface area (Å²) in [6.07, 6.45) is 1.65. The number of nitrogens with one attached hydrogen (secondary N) is 1. The smallest absolute Gasteiger partial charge is 0.326 e. The van der Waals surface area contributed by atoms with Crippen LogP contribution in [0.1, 0.15) is 16.2 Å². The molecule has 128 valence electrons. The summed E-state index contributed by atoms with van der Waals surface area (Å²) < 4.78 is 10.6. The molecule has 0 aliphatic rings. The lowest BCUT2D eigenvalue weighted by Crippen LogP contribution is -2.42. The number of pyridine rings is 1. The summed E-state index contributed by atoms with van der Waals surface area (Å²) in [6, 6.07) is 10.8. The van der Waals surface area contributed by atoms with Gasteiger partial charge in [0.2, 0.25) is 0 Å². The van der Waals surface area contributed by atoms with Crippen molar-refractivity contribution in [2.75, 3.05) is 7.11 Å². The van der Waals surface area contributed by atoms with Crippen LogP contribution < -0.4 is 10.1 Å². The largest absolute Gasteiger partial charge is 0.497 e. The number of furan rings is 1. The Morgan fingerprint density at radius 3 is 2.80 bits per heavy atom. The maximum atomic E-state index is 12.4. The number of nitrogens with zero attached hydrogens (tertiary/aromatic N) is 1. The lowest BCUT2D eigenvalue weighted by molar-refractivity contribution is -0.139. The van der Waals surface area contributed by atoms with E-state index in [1.54, 1.807) is 55.8 Å². The highest BCUT2D eigenvalue weighted by Gasteiger charge is 2.23. The number of carboxylic acid groups (broad SMARTS) is 1. The van der Waals surface area contributed by atoms with E-state index in [9.17, 15) is 14.7 Å². The Bertz CT molecular complexity index is 904. The van der Waals surface area contributed by atoms with Gasteiger partial charge in [0.25, 0.3) is 5.91 Å². The van der Waals surface area contributed by atoms with E-state index in [0.29, 0.717) is 22.4 Å². The first-order valence-corrected chi connectivity index (χ1v) is 7.58. The second-order valence-electron chi connectivity index (χ2n) is 5.40. The number of aromatic nitrogens is 1. The van der Waals surface area contributed by atoms with E-state index in [1.807, 2.05) is 0 Å². The third kappa shape index (κ3) is 3.77. The number of methoxy groups -OCH3 is 1. The van der Waals surface area contributed by atoms with Crippen LogP contribution in [-0.4, -0.2) is 35.1 Å². The zero-order valence-electron chi connectivity index (χ0n) is 13.4. The second-order valence-corrected chi connectivity index (χ2v) is 5.40. The molecule has 7 heteroatoms. The summed E-state index contributed by atoms with van der Waals surface area (Å²) >= 11 is 0. The number of aliphatic carboxylic acids is 1. The molecule has 0 radical (unpaired) electrons. The number of carbonyl (C=O) groups excluding carboxylic acids is 1. The predicted molar refractivity (Wildman–Crippen MR) is 89.6 cm³/mol. The Hall–Kier alpha value is -3.35. The van der Waals surface area contributed by atoms with Gasteiger partial charge in [-0.2, -0.15) is 0 Å². The van der Waals surface area contributed by atoms with E-state index >= 15 is 0 Å². The Morgan fingerprint density at radius 2 is 2.12 bits per heavy atom. The van der Waals surface area contributed by atoms with Gasteiger partial charge in [-0.1, -0.05) is 6.07 Å². The molecule has 2 N–H and O–H groups in total. The van der Waals surface area contributed by atoms with Gasteiger partial charge >= 0.3 is 5.97 Å². The molecule has 0 saturated heterocycles. The van der Waals surface area contributed by atoms with Crippen molar-refractivity contribution < 1.29 is 23.8 Å². The lowest BCUT2D eigenvalue weighted by atomic mass is 10.1. The predicted octanol–water partition coefficient (Wildman–Crippen LogP) is 2.26. The summed E-state index contributed by atoms with van der Waals surface area (Å²) in [5.41, 5.74) is 1.09. The third-order valence-electron chi connectivity index (χ3n) is 3.69. The van der Waals surface area contributed by atoms with Gasteiger partial charge in [-0.05, 0) is 36.4 Å². The van der Waals surface area contributed by atoms with Gasteiger partial charge in [0.15, 0.2) is 5.76 Å². The molecule has 0 bridgehead atoms. The minimum atomic E-state index is -1.14. The monoisotopic (exact) mass is 340 g/mol. The van der Waals surface area contributed by atoms with Crippen LogP contribution in [0.5, 0.6) is 5.75 Å². The zero-order chi connectivity index (χ0) is 17.8. The van der Waals surface area contributed by atoms with Crippen LogP contribution in [0.15, 0.2) is 53.1 Å². The fourth-order valence-electron chi connectivity index (χ4n) is 2.42. The number of carboxylic acids is 1. The number of ether oxygens (including phenoxy) is 1. The van der Waals surface area contributed by atoms with Gasteiger partial charge in [0.05, 0.1) is 7.11 Å². The van der Waals surface area contributed by atoms with Crippen molar-refractivity contribution in [2.45, 2.75) is 12.5 Å². The van der Waals surface area contributed by atoms with Gasteiger partial charge in [-0.25, -0.2) is 4.79 Å². The third-order valence-corrected chi connectivity index (χ3v) is 3.69. The molecule has 0 fully saturated rings. The van der Waals surface area contributed by atoms with Crippen molar-refractivity contribution in [3.63, 3.8) is 0 Å². The standard InChI is InChI=1S/C18H16N2O5/c1-24-13-5-6-15-11(8-13)9-16(25-15)17(21)20-14(18(22)23)10-12-4-2-3-7-19-12/h2-9,14H,10H2,1H3,(H,20,21)(H,22,23). The second kappa shape index (κ2) is 7.04. The van der Waals surface area contributed by atoms with Crippen molar-refractivity contribution in [1.29, 1.82) is 0 Å². The van der Waals surface area contributed by atoms with Crippen LogP contribution in [0.2, 0.25) is 0 Å². The molecule has 1 amide bonds. The average Bonchev–Trinajstić information content (AvgIpc) is 3.05. The van der Waals surface area contributed by atoms with Crippen molar-refractivity contribution >= 4 is 22.8 Å². The molecule has 0 spiro atoms. The van der Waals surface area contributed by atoms with Gasteiger partial charge in [0, 0.05) is 23.7 Å². The van der Waals surface area contributed by atoms with Gasteiger partial charge in [0.1, 0.15) is 17.4 Å². The van der Waals surface area contributed by atoms with Crippen molar-refractivity contribution in [1.82, 2.24) is 10.3 Å². The van der Waals surface area contributed by atoms with Crippen molar-refractivity contribution in [2.24, 2.45) is 0 Å². The van der Waals surface area contributed by atoms with Crippen LogP contribution >= 0.6 is 0 Å². The highest BCUT2D eigenvalue weighted by atomic mass is 16.5. The lowest BCUT2D eigenvalue weighted by Gasteiger charge is -2.13. The van der Waals surface area contributed by atoms with E-state index in [2.05, 4.69) is 10.3 Å². The Morgan fingerprint density at radius 1 is 1.28 bits per heavy atom. The topological polar surface area (TPSA) is 102 Å². The number of amides is 1. The molecule has 0 saturated carbocycles. The SMILES string of the molecule is COc1ccc2oc(C(=O)NC(Cc3ccccn3)C(=O)O)cc2c1. The number of rotatable bonds is 6. The number of benzene rings is 1. The molecule has 1 atom stereocenters. The van der Waals surface area contributed by atoms with Crippen LogP contribution in [0.4, 0.5) is 0 Å². The van der Waals surface area contributed by atoms with Crippen LogP contribution in [0.25, 0.3) is 11.0 Å². The molecular weight excluding hydrogens is 324 g/mol. The van der Waals surface area contributed by atoms with E-state index in [0.717, 1.165) is 0 Å². The summed E-state index contributed by atoms with van der Waals surface area (Å²) in [6.45, 7) is 0. The molecule has 7 nitrogen and oxygen atoms in total. The summed E-state index contributed by atoms with van der Waals surface area (Å²) in [5, 5.41) is 12.5. The van der Waals surface area contributed by atoms with Crippen molar-refractivity contribution in [3.05, 3.63) is 60.1 Å². The fraction of sp³-hybridized carbons (Fsp3) is 0.167. The minimum absolute atomic E-state index is 0.0375. The molecule has 2 heterocycles. The van der Waals surface area contributed by atoms with Crippen LogP contribution in [0.3, 0.4) is 0 Å². The molecule has 0 aliphatic carbocycles. The average molecular weight is 340 g/mol. The molecule has 3 aromatic rings. The number of fused-ring (bicyclic) bond motifs is 1. The molecule has 3 rings (SSSR count). The first-order valence-electron chi connectivity index (χ1n) is 7.58. The maximum absolute atomic E-state index is 12.4. The molecule has 0 aliphatic heterocycles. The van der Waals surface area contributed by atoms with E-state index in [1.165, 1.54) is 0 Å². The summed E-state index contributed by atoms with van der Waals surface area (Å²) in [5.74, 6) is -1.07. The quantitative estimate of drug-likeness (QED) is 0.714. The zero-order valence-corrected chi connectivity index (χ0v) is 13.4. The Labute approximate surface area is 143 Å². The number of hydrogen-bond acceptors (Lipinski definition) is 5. The van der Waals surface area contributed by atoms with Crippen LogP contribution in [-0.2, 0) is 11.2 Å². The Kier molecular flexibility index (Phi) is 4.65. The Balaban J connectivity index is 1.78. The normalized spacial score (nSPS) is 11.9. The van der Waals surface area contributed by atoms with Gasteiger partial charge in [-0.3, -0.25) is 9.78 Å². The maximum Gasteiger partial charge on any atom is 0.326 e. The number of carbonyl (C=O) groups is 2. The molecule has 2 aromatic heterocycles.